The summed E-state index contributed by atoms with van der Waals surface area (Å²) in [5.74, 6) is 0.922. The Morgan fingerprint density at radius 2 is 1.73 bits per heavy atom. The average Bonchev–Trinajstić information content (AvgIpc) is 2.15. The number of nitrogens with one attached hydrogen (secondary N) is 2. The van der Waals surface area contributed by atoms with Gasteiger partial charge in [0.15, 0.2) is 5.96 Å². The number of guanidine groups is 1. The van der Waals surface area contributed by atoms with Crippen LogP contribution in [0.15, 0.2) is 4.99 Å². The van der Waals surface area contributed by atoms with Gasteiger partial charge in [0.2, 0.25) is 0 Å². The molecule has 0 heterocycles. The maximum atomic E-state index is 4.15. The van der Waals surface area contributed by atoms with Crippen molar-refractivity contribution in [3.05, 3.63) is 0 Å². The SMILES string of the molecule is CCCNC(=NC)NCCCC(C)(C)C. The van der Waals surface area contributed by atoms with Crippen LogP contribution in [0.4, 0.5) is 0 Å². The molecule has 0 saturated heterocycles. The smallest absolute Gasteiger partial charge is 0.190 e. The second-order valence-corrected chi connectivity index (χ2v) is 5.09. The molecule has 0 amide bonds. The monoisotopic (exact) mass is 213 g/mol. The molecule has 0 aromatic heterocycles. The van der Waals surface area contributed by atoms with Crippen molar-refractivity contribution < 1.29 is 0 Å². The van der Waals surface area contributed by atoms with E-state index in [9.17, 15) is 0 Å². The third kappa shape index (κ3) is 9.57. The van der Waals surface area contributed by atoms with Crippen LogP contribution in [0.25, 0.3) is 0 Å². The fraction of sp³-hybridized carbons (Fsp3) is 0.917. The first kappa shape index (κ1) is 14.3. The van der Waals surface area contributed by atoms with Crippen molar-refractivity contribution >= 4 is 5.96 Å². The minimum Gasteiger partial charge on any atom is -0.356 e. The topological polar surface area (TPSA) is 36.4 Å². The molecule has 0 aliphatic heterocycles. The molecule has 3 heteroatoms. The standard InChI is InChI=1S/C12H27N3/c1-6-9-14-11(13-5)15-10-7-8-12(2,3)4/h6-10H2,1-5H3,(H2,13,14,15). The largest absolute Gasteiger partial charge is 0.356 e. The van der Waals surface area contributed by atoms with Gasteiger partial charge in [-0.25, -0.2) is 0 Å². The van der Waals surface area contributed by atoms with Gasteiger partial charge in [0.25, 0.3) is 0 Å². The van der Waals surface area contributed by atoms with Gasteiger partial charge in [0.1, 0.15) is 0 Å². The molecule has 3 nitrogen and oxygen atoms in total. The highest BCUT2D eigenvalue weighted by Gasteiger charge is 2.08. The summed E-state index contributed by atoms with van der Waals surface area (Å²) in [6.07, 6.45) is 3.56. The van der Waals surface area contributed by atoms with Gasteiger partial charge in [-0.3, -0.25) is 4.99 Å². The minimum atomic E-state index is 0.433. The first-order chi connectivity index (χ1) is 6.99. The van der Waals surface area contributed by atoms with Crippen LogP contribution in [0.2, 0.25) is 0 Å². The zero-order valence-electron chi connectivity index (χ0n) is 11.0. The predicted molar refractivity (Wildman–Crippen MR) is 68.3 cm³/mol. The van der Waals surface area contributed by atoms with Crippen molar-refractivity contribution in [2.45, 2.75) is 47.0 Å². The third-order valence-electron chi connectivity index (χ3n) is 2.16. The summed E-state index contributed by atoms with van der Waals surface area (Å²) in [5, 5.41) is 6.57. The molecule has 0 unspecified atom stereocenters. The molecule has 0 aromatic carbocycles. The van der Waals surface area contributed by atoms with E-state index in [2.05, 4.69) is 43.3 Å². The lowest BCUT2D eigenvalue weighted by Gasteiger charge is -2.18. The van der Waals surface area contributed by atoms with E-state index in [0.29, 0.717) is 5.41 Å². The summed E-state index contributed by atoms with van der Waals surface area (Å²) in [6.45, 7) is 11.0. The van der Waals surface area contributed by atoms with Crippen LogP contribution in [-0.2, 0) is 0 Å². The fourth-order valence-electron chi connectivity index (χ4n) is 1.29. The van der Waals surface area contributed by atoms with Crippen molar-refractivity contribution in [1.82, 2.24) is 10.6 Å². The van der Waals surface area contributed by atoms with Gasteiger partial charge in [-0.05, 0) is 24.7 Å². The second-order valence-electron chi connectivity index (χ2n) is 5.09. The van der Waals surface area contributed by atoms with Gasteiger partial charge in [-0.2, -0.15) is 0 Å². The van der Waals surface area contributed by atoms with Gasteiger partial charge in [-0.1, -0.05) is 27.7 Å². The molecule has 90 valence electrons. The Morgan fingerprint density at radius 3 is 2.20 bits per heavy atom. The van der Waals surface area contributed by atoms with Gasteiger partial charge >= 0.3 is 0 Å². The average molecular weight is 213 g/mol. The van der Waals surface area contributed by atoms with Crippen LogP contribution in [0.3, 0.4) is 0 Å². The van der Waals surface area contributed by atoms with Crippen molar-refractivity contribution in [3.8, 4) is 0 Å². The van der Waals surface area contributed by atoms with E-state index in [1.54, 1.807) is 0 Å². The second kappa shape index (κ2) is 7.55. The Morgan fingerprint density at radius 1 is 1.13 bits per heavy atom. The number of nitrogens with zero attached hydrogens (tertiary/aromatic N) is 1. The van der Waals surface area contributed by atoms with Gasteiger partial charge < -0.3 is 10.6 Å². The highest BCUT2D eigenvalue weighted by Crippen LogP contribution is 2.19. The summed E-state index contributed by atoms with van der Waals surface area (Å²) in [4.78, 5) is 4.15. The summed E-state index contributed by atoms with van der Waals surface area (Å²) in [5.41, 5.74) is 0.433. The molecule has 0 bridgehead atoms. The Bertz CT molecular complexity index is 180. The van der Waals surface area contributed by atoms with E-state index >= 15 is 0 Å². The third-order valence-corrected chi connectivity index (χ3v) is 2.16. The molecule has 0 aliphatic rings. The van der Waals surface area contributed by atoms with Gasteiger partial charge in [0.05, 0.1) is 0 Å². The quantitative estimate of drug-likeness (QED) is 0.418. The van der Waals surface area contributed by atoms with E-state index in [-0.39, 0.29) is 0 Å². The number of hydrogen-bond donors (Lipinski definition) is 2. The summed E-state index contributed by atoms with van der Waals surface area (Å²) in [6, 6.07) is 0. The molecule has 0 rings (SSSR count). The van der Waals surface area contributed by atoms with Crippen LogP contribution in [0, 0.1) is 5.41 Å². The normalized spacial score (nSPS) is 12.7. The van der Waals surface area contributed by atoms with E-state index in [4.69, 9.17) is 0 Å². The van der Waals surface area contributed by atoms with Crippen molar-refractivity contribution in [1.29, 1.82) is 0 Å². The van der Waals surface area contributed by atoms with Crippen molar-refractivity contribution in [3.63, 3.8) is 0 Å². The van der Waals surface area contributed by atoms with E-state index in [0.717, 1.165) is 25.5 Å². The molecule has 15 heavy (non-hydrogen) atoms. The highest BCUT2D eigenvalue weighted by molar-refractivity contribution is 5.79. The van der Waals surface area contributed by atoms with Crippen LogP contribution in [0.1, 0.15) is 47.0 Å². The Hall–Kier alpha value is -0.730. The van der Waals surface area contributed by atoms with Crippen molar-refractivity contribution in [2.75, 3.05) is 20.1 Å². The van der Waals surface area contributed by atoms with Gasteiger partial charge in [0, 0.05) is 20.1 Å². The number of hydrogen-bond acceptors (Lipinski definition) is 1. The Kier molecular flexibility index (Phi) is 7.18. The molecule has 0 radical (unpaired) electrons. The van der Waals surface area contributed by atoms with Gasteiger partial charge in [-0.15, -0.1) is 0 Å². The lowest BCUT2D eigenvalue weighted by atomic mass is 9.91. The Balaban J connectivity index is 3.56. The van der Waals surface area contributed by atoms with Crippen LogP contribution < -0.4 is 10.6 Å². The number of aliphatic imine (C=N–C) groups is 1. The highest BCUT2D eigenvalue weighted by atomic mass is 15.2. The fourth-order valence-corrected chi connectivity index (χ4v) is 1.29. The molecule has 0 saturated carbocycles. The van der Waals surface area contributed by atoms with Crippen molar-refractivity contribution in [2.24, 2.45) is 10.4 Å². The van der Waals surface area contributed by atoms with E-state index < -0.39 is 0 Å². The number of rotatable bonds is 5. The first-order valence-corrected chi connectivity index (χ1v) is 5.94. The minimum absolute atomic E-state index is 0.433. The molecular weight excluding hydrogens is 186 g/mol. The maximum absolute atomic E-state index is 4.15. The molecule has 0 aromatic rings. The lowest BCUT2D eigenvalue weighted by molar-refractivity contribution is 0.365. The summed E-state index contributed by atoms with van der Waals surface area (Å²) in [7, 11) is 1.81. The molecule has 0 atom stereocenters. The maximum Gasteiger partial charge on any atom is 0.190 e. The molecule has 0 aliphatic carbocycles. The van der Waals surface area contributed by atoms with Crippen LogP contribution in [0.5, 0.6) is 0 Å². The Labute approximate surface area is 94.7 Å². The lowest BCUT2D eigenvalue weighted by Crippen LogP contribution is -2.38. The first-order valence-electron chi connectivity index (χ1n) is 5.94. The van der Waals surface area contributed by atoms with Crippen LogP contribution >= 0.6 is 0 Å². The summed E-state index contributed by atoms with van der Waals surface area (Å²) < 4.78 is 0. The van der Waals surface area contributed by atoms with Crippen LogP contribution in [-0.4, -0.2) is 26.1 Å². The molecular formula is C12H27N3. The van der Waals surface area contributed by atoms with E-state index in [1.165, 1.54) is 12.8 Å². The molecule has 2 N–H and O–H groups in total. The summed E-state index contributed by atoms with van der Waals surface area (Å²) >= 11 is 0. The zero-order chi connectivity index (χ0) is 11.7. The molecule has 0 spiro atoms. The predicted octanol–water partition coefficient (Wildman–Crippen LogP) is 2.39. The zero-order valence-corrected chi connectivity index (χ0v) is 11.0. The van der Waals surface area contributed by atoms with E-state index in [1.807, 2.05) is 7.05 Å². The molecule has 0 fully saturated rings.